The van der Waals surface area contributed by atoms with Crippen molar-refractivity contribution in [1.29, 1.82) is 0 Å². The Hall–Kier alpha value is -3.13. The zero-order chi connectivity index (χ0) is 22.1. The number of fused-ring (bicyclic) bond motifs is 1. The summed E-state index contributed by atoms with van der Waals surface area (Å²) < 4.78 is 5.28. The van der Waals surface area contributed by atoms with Gasteiger partial charge >= 0.3 is 12.1 Å². The molecule has 3 rings (SSSR count). The molecule has 30 heavy (non-hydrogen) atoms. The maximum Gasteiger partial charge on any atom is 0.412 e. The van der Waals surface area contributed by atoms with Crippen LogP contribution in [0.1, 0.15) is 37.5 Å². The van der Waals surface area contributed by atoms with Gasteiger partial charge in [0.25, 0.3) is 0 Å². The third-order valence-electron chi connectivity index (χ3n) is 4.67. The van der Waals surface area contributed by atoms with Gasteiger partial charge in [-0.2, -0.15) is 0 Å². The van der Waals surface area contributed by atoms with E-state index >= 15 is 0 Å². The summed E-state index contributed by atoms with van der Waals surface area (Å²) in [6, 6.07) is 12.1. The normalized spacial score (nSPS) is 15.4. The summed E-state index contributed by atoms with van der Waals surface area (Å²) in [6.45, 7) is 5.77. The van der Waals surface area contributed by atoms with E-state index in [9.17, 15) is 14.7 Å². The fourth-order valence-electron chi connectivity index (χ4n) is 3.45. The first kappa shape index (κ1) is 21.6. The lowest BCUT2D eigenvalue weighted by Gasteiger charge is -2.25. The highest BCUT2D eigenvalue weighted by Crippen LogP contribution is 2.35. The molecule has 158 valence electrons. The van der Waals surface area contributed by atoms with Crippen molar-refractivity contribution in [1.82, 2.24) is 0 Å². The first-order valence-electron chi connectivity index (χ1n) is 9.54. The number of carboxylic acid groups (broad SMARTS) is 1. The summed E-state index contributed by atoms with van der Waals surface area (Å²) >= 11 is 5.04. The van der Waals surface area contributed by atoms with Crippen molar-refractivity contribution in [3.05, 3.63) is 59.2 Å². The minimum Gasteiger partial charge on any atom is -0.480 e. The molecule has 2 aromatic rings. The Balaban J connectivity index is 1.84. The lowest BCUT2D eigenvalue weighted by molar-refractivity contribution is -0.138. The van der Waals surface area contributed by atoms with Crippen LogP contribution < -0.4 is 16.0 Å². The number of carbonyl (C=O) groups excluding carboxylic acids is 1. The summed E-state index contributed by atoms with van der Waals surface area (Å²) in [5.74, 6) is -0.904. The van der Waals surface area contributed by atoms with Crippen LogP contribution in [0.2, 0.25) is 0 Å². The summed E-state index contributed by atoms with van der Waals surface area (Å²) in [5, 5.41) is 12.4. The number of benzene rings is 2. The molecule has 1 aliphatic rings. The van der Waals surface area contributed by atoms with Crippen LogP contribution in [0.15, 0.2) is 42.5 Å². The summed E-state index contributed by atoms with van der Waals surface area (Å²) in [7, 11) is 0. The molecule has 4 N–H and O–H groups in total. The topological polar surface area (TPSA) is 105 Å². The van der Waals surface area contributed by atoms with Gasteiger partial charge in [0.05, 0.1) is 0 Å². The number of ether oxygens (including phenoxy) is 1. The number of thiocarbonyl (C=S) groups is 1. The van der Waals surface area contributed by atoms with Crippen LogP contribution in [0.4, 0.5) is 16.2 Å². The number of nitrogens with zero attached hydrogens (tertiary/aromatic N) is 1. The maximum atomic E-state index is 12.0. The molecule has 0 radical (unpaired) electrons. The number of nitrogens with two attached hydrogens (primary N) is 1. The largest absolute Gasteiger partial charge is 0.480 e. The van der Waals surface area contributed by atoms with Crippen molar-refractivity contribution in [2.24, 2.45) is 5.73 Å². The SMILES string of the molecule is CC(C)(C)OC(=O)Nc1ccc2c(c1)CC(C(=O)O)N2Cc1cccc(C(N)=S)c1. The molecule has 1 atom stereocenters. The number of anilines is 2. The zero-order valence-electron chi connectivity index (χ0n) is 17.1. The monoisotopic (exact) mass is 427 g/mol. The van der Waals surface area contributed by atoms with Gasteiger partial charge in [-0.1, -0.05) is 30.4 Å². The average Bonchev–Trinajstić information content (AvgIpc) is 2.98. The van der Waals surface area contributed by atoms with E-state index in [1.54, 1.807) is 32.9 Å². The molecule has 8 heteroatoms. The molecule has 0 fully saturated rings. The molecule has 0 saturated heterocycles. The first-order chi connectivity index (χ1) is 14.0. The quantitative estimate of drug-likeness (QED) is 0.625. The van der Waals surface area contributed by atoms with Crippen molar-refractivity contribution in [3.8, 4) is 0 Å². The average molecular weight is 428 g/mol. The van der Waals surface area contributed by atoms with Crippen LogP contribution in [0, 0.1) is 0 Å². The summed E-state index contributed by atoms with van der Waals surface area (Å²) in [6.07, 6.45) is -0.217. The first-order valence-corrected chi connectivity index (χ1v) is 9.95. The number of hydrogen-bond donors (Lipinski definition) is 3. The summed E-state index contributed by atoms with van der Waals surface area (Å²) in [5.41, 5.74) is 8.99. The number of carboxylic acids is 1. The zero-order valence-corrected chi connectivity index (χ0v) is 18.0. The number of hydrogen-bond acceptors (Lipinski definition) is 5. The van der Waals surface area contributed by atoms with E-state index in [1.165, 1.54) is 0 Å². The lowest BCUT2D eigenvalue weighted by atomic mass is 10.1. The second kappa shape index (κ2) is 8.31. The molecular weight excluding hydrogens is 402 g/mol. The van der Waals surface area contributed by atoms with E-state index in [-0.39, 0.29) is 0 Å². The third kappa shape index (κ3) is 5.07. The highest BCUT2D eigenvalue weighted by molar-refractivity contribution is 7.80. The third-order valence-corrected chi connectivity index (χ3v) is 4.91. The van der Waals surface area contributed by atoms with E-state index in [1.807, 2.05) is 35.2 Å². The molecule has 0 aliphatic carbocycles. The van der Waals surface area contributed by atoms with Crippen LogP contribution in [0.25, 0.3) is 0 Å². The fraction of sp³-hybridized carbons (Fsp3) is 0.318. The van der Waals surface area contributed by atoms with E-state index in [4.69, 9.17) is 22.7 Å². The van der Waals surface area contributed by atoms with E-state index in [0.29, 0.717) is 23.6 Å². The van der Waals surface area contributed by atoms with Crippen molar-refractivity contribution in [2.45, 2.75) is 45.4 Å². The van der Waals surface area contributed by atoms with Crippen LogP contribution in [0.5, 0.6) is 0 Å². The highest BCUT2D eigenvalue weighted by Gasteiger charge is 2.34. The molecule has 0 saturated carbocycles. The second-order valence-electron chi connectivity index (χ2n) is 8.22. The van der Waals surface area contributed by atoms with Crippen molar-refractivity contribution in [3.63, 3.8) is 0 Å². The van der Waals surface area contributed by atoms with Gasteiger partial charge < -0.3 is 20.5 Å². The summed E-state index contributed by atoms with van der Waals surface area (Å²) in [4.78, 5) is 26.1. The molecule has 0 spiro atoms. The Morgan fingerprint density at radius 2 is 2.00 bits per heavy atom. The van der Waals surface area contributed by atoms with E-state index in [0.717, 1.165) is 22.4 Å². The van der Waals surface area contributed by atoms with Crippen LogP contribution in [0.3, 0.4) is 0 Å². The molecule has 1 heterocycles. The smallest absolute Gasteiger partial charge is 0.412 e. The van der Waals surface area contributed by atoms with Gasteiger partial charge in [0.15, 0.2) is 0 Å². The molecule has 1 amide bonds. The number of rotatable bonds is 5. The van der Waals surface area contributed by atoms with Crippen molar-refractivity contribution < 1.29 is 19.4 Å². The fourth-order valence-corrected chi connectivity index (χ4v) is 3.58. The van der Waals surface area contributed by atoms with Crippen LogP contribution >= 0.6 is 12.2 Å². The van der Waals surface area contributed by atoms with Gasteiger partial charge in [0.2, 0.25) is 0 Å². The van der Waals surface area contributed by atoms with Gasteiger partial charge in [-0.25, -0.2) is 9.59 Å². The standard InChI is InChI=1S/C22H25N3O4S/c1-22(2,3)29-21(28)24-16-7-8-17-15(10-16)11-18(20(26)27)25(17)12-13-5-4-6-14(9-13)19(23)30/h4-10,18H,11-12H2,1-3H3,(H2,23,30)(H,24,28)(H,26,27). The highest BCUT2D eigenvalue weighted by atomic mass is 32.1. The Labute approximate surface area is 180 Å². The van der Waals surface area contributed by atoms with Crippen molar-refractivity contribution >= 4 is 40.6 Å². The van der Waals surface area contributed by atoms with E-state index < -0.39 is 23.7 Å². The molecule has 7 nitrogen and oxygen atoms in total. The Bertz CT molecular complexity index is 1000. The molecular formula is C22H25N3O4S. The molecule has 0 bridgehead atoms. The predicted molar refractivity (Wildman–Crippen MR) is 120 cm³/mol. The van der Waals surface area contributed by atoms with Crippen molar-refractivity contribution in [2.75, 3.05) is 10.2 Å². The van der Waals surface area contributed by atoms with Gasteiger partial charge in [-0.15, -0.1) is 0 Å². The van der Waals surface area contributed by atoms with Gasteiger partial charge in [-0.3, -0.25) is 5.32 Å². The molecule has 0 aromatic heterocycles. The second-order valence-corrected chi connectivity index (χ2v) is 8.66. The number of amides is 1. The molecule has 1 unspecified atom stereocenters. The Morgan fingerprint density at radius 1 is 1.27 bits per heavy atom. The number of carbonyl (C=O) groups is 2. The minimum absolute atomic E-state index is 0.298. The van der Waals surface area contributed by atoms with E-state index in [2.05, 4.69) is 5.32 Å². The Kier molecular flexibility index (Phi) is 5.98. The van der Waals surface area contributed by atoms with Gasteiger partial charge in [0.1, 0.15) is 16.6 Å². The molecule has 1 aliphatic heterocycles. The number of aliphatic carboxylic acids is 1. The lowest BCUT2D eigenvalue weighted by Crippen LogP contribution is -2.38. The number of nitrogens with one attached hydrogen (secondary N) is 1. The predicted octanol–water partition coefficient (Wildman–Crippen LogP) is 3.68. The van der Waals surface area contributed by atoms with Gasteiger partial charge in [0, 0.05) is 29.9 Å². The minimum atomic E-state index is -0.904. The van der Waals surface area contributed by atoms with Crippen LogP contribution in [-0.2, 0) is 22.5 Å². The Morgan fingerprint density at radius 3 is 2.63 bits per heavy atom. The van der Waals surface area contributed by atoms with Gasteiger partial charge in [-0.05, 0) is 56.2 Å². The maximum absolute atomic E-state index is 12.0. The molecule has 2 aromatic carbocycles. The van der Waals surface area contributed by atoms with Crippen LogP contribution in [-0.4, -0.2) is 33.8 Å².